The van der Waals surface area contributed by atoms with Crippen LogP contribution in [0.2, 0.25) is 0 Å². The third-order valence-corrected chi connectivity index (χ3v) is 3.11. The normalized spacial score (nSPS) is 22.9. The molecule has 1 N–H and O–H groups in total. The van der Waals surface area contributed by atoms with E-state index in [2.05, 4.69) is 25.7 Å². The molecule has 0 aliphatic carbocycles. The van der Waals surface area contributed by atoms with Gasteiger partial charge in [0.25, 0.3) is 0 Å². The molecule has 0 atom stereocenters. The van der Waals surface area contributed by atoms with E-state index in [-0.39, 0.29) is 5.60 Å². The zero-order chi connectivity index (χ0) is 10.6. The summed E-state index contributed by atoms with van der Waals surface area (Å²) in [4.78, 5) is 2.47. The largest absolute Gasteiger partial charge is 0.390 e. The average Bonchev–Trinajstić information content (AvgIpc) is 2.08. The van der Waals surface area contributed by atoms with Gasteiger partial charge >= 0.3 is 0 Å². The molecule has 0 aromatic rings. The van der Waals surface area contributed by atoms with Crippen LogP contribution in [-0.2, 0) is 0 Å². The second-order valence-corrected chi connectivity index (χ2v) is 5.16. The number of nitrogens with zero attached hydrogens (tertiary/aromatic N) is 1. The maximum Gasteiger partial charge on any atom is 0.0674 e. The second kappa shape index (κ2) is 5.13. The summed E-state index contributed by atoms with van der Waals surface area (Å²) in [7, 11) is 0. The Labute approximate surface area is 88.3 Å². The lowest BCUT2D eigenvalue weighted by molar-refractivity contribution is -0.0359. The van der Waals surface area contributed by atoms with Crippen molar-refractivity contribution in [2.75, 3.05) is 19.6 Å². The molecule has 0 aromatic carbocycles. The number of hydrogen-bond acceptors (Lipinski definition) is 2. The van der Waals surface area contributed by atoms with Gasteiger partial charge in [-0.25, -0.2) is 0 Å². The quantitative estimate of drug-likeness (QED) is 0.751. The highest BCUT2D eigenvalue weighted by Gasteiger charge is 2.32. The highest BCUT2D eigenvalue weighted by molar-refractivity contribution is 4.86. The third-order valence-electron chi connectivity index (χ3n) is 3.11. The van der Waals surface area contributed by atoms with Crippen LogP contribution in [0.1, 0.15) is 46.5 Å². The van der Waals surface area contributed by atoms with Gasteiger partial charge in [0, 0.05) is 13.1 Å². The first-order valence-corrected chi connectivity index (χ1v) is 6.00. The summed E-state index contributed by atoms with van der Waals surface area (Å²) >= 11 is 0. The fourth-order valence-electron chi connectivity index (χ4n) is 2.47. The Bertz CT molecular complexity index is 160. The van der Waals surface area contributed by atoms with Gasteiger partial charge in [0.1, 0.15) is 0 Å². The molecule has 14 heavy (non-hydrogen) atoms. The molecule has 0 radical (unpaired) electrons. The fraction of sp³-hybridized carbons (Fsp3) is 1.00. The lowest BCUT2D eigenvalue weighted by atomic mass is 9.84. The number of aliphatic hydroxyl groups is 1. The van der Waals surface area contributed by atoms with Crippen LogP contribution in [-0.4, -0.2) is 35.2 Å². The van der Waals surface area contributed by atoms with Crippen molar-refractivity contribution < 1.29 is 5.11 Å². The van der Waals surface area contributed by atoms with Gasteiger partial charge in [-0.1, -0.05) is 20.8 Å². The van der Waals surface area contributed by atoms with Crippen LogP contribution < -0.4 is 0 Å². The summed E-state index contributed by atoms with van der Waals surface area (Å²) in [6.07, 6.45) is 4.12. The molecule has 1 heterocycles. The summed E-state index contributed by atoms with van der Waals surface area (Å²) < 4.78 is 0. The summed E-state index contributed by atoms with van der Waals surface area (Å²) in [6.45, 7) is 9.95. The molecule has 1 saturated heterocycles. The van der Waals surface area contributed by atoms with Gasteiger partial charge in [-0.2, -0.15) is 0 Å². The van der Waals surface area contributed by atoms with Crippen LogP contribution in [0.4, 0.5) is 0 Å². The Hall–Kier alpha value is -0.0800. The molecule has 0 saturated carbocycles. The summed E-state index contributed by atoms with van der Waals surface area (Å²) in [5, 5.41) is 10.3. The molecule has 84 valence electrons. The zero-order valence-electron chi connectivity index (χ0n) is 9.92. The smallest absolute Gasteiger partial charge is 0.0674 e. The fourth-order valence-corrected chi connectivity index (χ4v) is 2.47. The standard InChI is InChI=1S/C12H25NO/c1-4-7-13-8-5-12(14,6-9-13)10-11(2)3/h11,14H,4-10H2,1-3H3. The summed E-state index contributed by atoms with van der Waals surface area (Å²) in [6, 6.07) is 0. The van der Waals surface area contributed by atoms with Crippen molar-refractivity contribution in [3.05, 3.63) is 0 Å². The third kappa shape index (κ3) is 3.58. The molecule has 1 aliphatic heterocycles. The number of rotatable bonds is 4. The van der Waals surface area contributed by atoms with E-state index in [1.165, 1.54) is 13.0 Å². The number of piperidine rings is 1. The molecule has 0 aromatic heterocycles. The highest BCUT2D eigenvalue weighted by Crippen LogP contribution is 2.28. The van der Waals surface area contributed by atoms with Crippen LogP contribution in [0.3, 0.4) is 0 Å². The first kappa shape index (κ1) is 12.0. The minimum absolute atomic E-state index is 0.363. The Kier molecular flexibility index (Phi) is 4.39. The molecule has 1 fully saturated rings. The maximum absolute atomic E-state index is 10.3. The van der Waals surface area contributed by atoms with E-state index in [0.717, 1.165) is 32.4 Å². The van der Waals surface area contributed by atoms with Crippen molar-refractivity contribution in [2.24, 2.45) is 5.92 Å². The first-order valence-electron chi connectivity index (χ1n) is 6.00. The maximum atomic E-state index is 10.3. The molecule has 0 unspecified atom stereocenters. The topological polar surface area (TPSA) is 23.5 Å². The Morgan fingerprint density at radius 2 is 1.86 bits per heavy atom. The van der Waals surface area contributed by atoms with Crippen molar-refractivity contribution in [3.8, 4) is 0 Å². The van der Waals surface area contributed by atoms with E-state index in [4.69, 9.17) is 0 Å². The van der Waals surface area contributed by atoms with Gasteiger partial charge in [-0.3, -0.25) is 0 Å². The molecule has 0 spiro atoms. The number of hydrogen-bond donors (Lipinski definition) is 1. The first-order chi connectivity index (χ1) is 6.56. The lowest BCUT2D eigenvalue weighted by Crippen LogP contribution is -2.45. The average molecular weight is 199 g/mol. The van der Waals surface area contributed by atoms with Gasteiger partial charge in [-0.05, 0) is 38.1 Å². The molecule has 0 amide bonds. The van der Waals surface area contributed by atoms with Gasteiger partial charge in [0.2, 0.25) is 0 Å². The minimum atomic E-state index is -0.363. The monoisotopic (exact) mass is 199 g/mol. The molecule has 2 nitrogen and oxygen atoms in total. The van der Waals surface area contributed by atoms with Crippen molar-refractivity contribution in [1.29, 1.82) is 0 Å². The van der Waals surface area contributed by atoms with E-state index in [0.29, 0.717) is 5.92 Å². The Morgan fingerprint density at radius 1 is 1.29 bits per heavy atom. The zero-order valence-corrected chi connectivity index (χ0v) is 9.92. The van der Waals surface area contributed by atoms with Crippen LogP contribution in [0.5, 0.6) is 0 Å². The van der Waals surface area contributed by atoms with Crippen LogP contribution in [0.25, 0.3) is 0 Å². The van der Waals surface area contributed by atoms with Crippen molar-refractivity contribution in [1.82, 2.24) is 4.90 Å². The molecule has 1 aliphatic rings. The van der Waals surface area contributed by atoms with Crippen LogP contribution in [0.15, 0.2) is 0 Å². The van der Waals surface area contributed by atoms with Crippen LogP contribution in [0, 0.1) is 5.92 Å². The van der Waals surface area contributed by atoms with Crippen molar-refractivity contribution in [2.45, 2.75) is 52.1 Å². The molecule has 2 heteroatoms. The van der Waals surface area contributed by atoms with Gasteiger partial charge in [-0.15, -0.1) is 0 Å². The van der Waals surface area contributed by atoms with E-state index in [9.17, 15) is 5.11 Å². The van der Waals surface area contributed by atoms with E-state index in [1.54, 1.807) is 0 Å². The summed E-state index contributed by atoms with van der Waals surface area (Å²) in [5.74, 6) is 0.609. The van der Waals surface area contributed by atoms with Crippen molar-refractivity contribution in [3.63, 3.8) is 0 Å². The van der Waals surface area contributed by atoms with E-state index >= 15 is 0 Å². The van der Waals surface area contributed by atoms with E-state index in [1.807, 2.05) is 0 Å². The van der Waals surface area contributed by atoms with Crippen molar-refractivity contribution >= 4 is 0 Å². The summed E-state index contributed by atoms with van der Waals surface area (Å²) in [5.41, 5.74) is -0.363. The molecule has 0 bridgehead atoms. The molecular formula is C12H25NO. The Balaban J connectivity index is 2.33. The lowest BCUT2D eigenvalue weighted by Gasteiger charge is -2.39. The Morgan fingerprint density at radius 3 is 2.29 bits per heavy atom. The minimum Gasteiger partial charge on any atom is -0.390 e. The van der Waals surface area contributed by atoms with Gasteiger partial charge < -0.3 is 10.0 Å². The predicted octanol–water partition coefficient (Wildman–Crippen LogP) is 2.27. The van der Waals surface area contributed by atoms with Gasteiger partial charge in [0.15, 0.2) is 0 Å². The van der Waals surface area contributed by atoms with E-state index < -0.39 is 0 Å². The SMILES string of the molecule is CCCN1CCC(O)(CC(C)C)CC1. The second-order valence-electron chi connectivity index (χ2n) is 5.16. The highest BCUT2D eigenvalue weighted by atomic mass is 16.3. The predicted molar refractivity (Wildman–Crippen MR) is 60.4 cm³/mol. The van der Waals surface area contributed by atoms with Crippen LogP contribution >= 0.6 is 0 Å². The van der Waals surface area contributed by atoms with Gasteiger partial charge in [0.05, 0.1) is 5.60 Å². The molecular weight excluding hydrogens is 174 g/mol. The molecule has 1 rings (SSSR count). The number of likely N-dealkylation sites (tertiary alicyclic amines) is 1.